The fourth-order valence-electron chi connectivity index (χ4n) is 2.70. The second kappa shape index (κ2) is 9.09. The fourth-order valence-corrected chi connectivity index (χ4v) is 4.42. The Morgan fingerprint density at radius 1 is 0.824 bits per heavy atom. The van der Waals surface area contributed by atoms with Crippen LogP contribution in [0.25, 0.3) is 0 Å². The second-order valence-corrected chi connectivity index (χ2v) is 11.1. The molecular weight excluding hydrogens is 516 g/mol. The van der Waals surface area contributed by atoms with Crippen molar-refractivity contribution < 1.29 is 52.2 Å². The smallest absolute Gasteiger partial charge is 0.376 e. The Bertz CT molecular complexity index is 1250. The lowest BCUT2D eigenvalue weighted by atomic mass is 9.95. The van der Waals surface area contributed by atoms with Crippen LogP contribution in [0.15, 0.2) is 58.3 Å². The highest BCUT2D eigenvalue weighted by molar-refractivity contribution is 7.91. The van der Waals surface area contributed by atoms with Gasteiger partial charge in [0.25, 0.3) is 0 Å². The number of alkyl halides is 6. The van der Waals surface area contributed by atoms with E-state index in [0.717, 1.165) is 36.4 Å². The van der Waals surface area contributed by atoms with Crippen LogP contribution in [0.5, 0.6) is 5.75 Å². The standard InChI is InChI=1S/C19H17F6NO6S2/c1-17(2,26-16(27)18(20,21)22)11-12-3-7-14(8-4-12)33(28,29)15-9-5-13(6-10-15)32-34(30,31)19(23,24)25/h3-10H,11H2,1-2H3,(H,26,27). The number of amides is 1. The average Bonchev–Trinajstić information content (AvgIpc) is 2.66. The van der Waals surface area contributed by atoms with E-state index in [1.54, 1.807) is 0 Å². The van der Waals surface area contributed by atoms with Gasteiger partial charge in [-0.1, -0.05) is 12.1 Å². The molecule has 1 amide bonds. The van der Waals surface area contributed by atoms with Gasteiger partial charge in [0.05, 0.1) is 9.79 Å². The van der Waals surface area contributed by atoms with Crippen LogP contribution in [0.3, 0.4) is 0 Å². The van der Waals surface area contributed by atoms with Gasteiger partial charge in [0.1, 0.15) is 5.75 Å². The van der Waals surface area contributed by atoms with Crippen LogP contribution in [-0.4, -0.2) is 40.0 Å². The van der Waals surface area contributed by atoms with Crippen molar-refractivity contribution in [2.45, 2.75) is 47.3 Å². The molecule has 188 valence electrons. The largest absolute Gasteiger partial charge is 0.534 e. The van der Waals surface area contributed by atoms with Gasteiger partial charge in [0.2, 0.25) is 9.84 Å². The van der Waals surface area contributed by atoms with Crippen molar-refractivity contribution in [2.75, 3.05) is 0 Å². The van der Waals surface area contributed by atoms with Gasteiger partial charge in [-0.25, -0.2) is 8.42 Å². The van der Waals surface area contributed by atoms with Gasteiger partial charge in [0, 0.05) is 5.54 Å². The first-order valence-electron chi connectivity index (χ1n) is 9.09. The zero-order chi connectivity index (χ0) is 26.2. The maximum Gasteiger partial charge on any atom is 0.534 e. The maximum absolute atomic E-state index is 12.7. The van der Waals surface area contributed by atoms with Crippen LogP contribution < -0.4 is 9.50 Å². The third-order valence-corrected chi connectivity index (χ3v) is 6.98. The van der Waals surface area contributed by atoms with E-state index >= 15 is 0 Å². The Hall–Kier alpha value is -2.81. The molecule has 0 aliphatic rings. The summed E-state index contributed by atoms with van der Waals surface area (Å²) in [6.45, 7) is 2.70. The Labute approximate surface area is 190 Å². The van der Waals surface area contributed by atoms with Crippen molar-refractivity contribution in [1.82, 2.24) is 5.32 Å². The van der Waals surface area contributed by atoms with Crippen LogP contribution >= 0.6 is 0 Å². The number of rotatable bonds is 7. The number of benzene rings is 2. The van der Waals surface area contributed by atoms with Crippen molar-refractivity contribution in [1.29, 1.82) is 0 Å². The van der Waals surface area contributed by atoms with E-state index in [1.807, 2.05) is 5.32 Å². The highest BCUT2D eigenvalue weighted by Crippen LogP contribution is 2.29. The monoisotopic (exact) mass is 533 g/mol. The molecule has 0 aliphatic carbocycles. The summed E-state index contributed by atoms with van der Waals surface area (Å²) in [5, 5.41) is 1.84. The molecule has 0 bridgehead atoms. The Morgan fingerprint density at radius 3 is 1.68 bits per heavy atom. The molecule has 2 aromatic rings. The third kappa shape index (κ3) is 6.62. The number of hydrogen-bond acceptors (Lipinski definition) is 6. The predicted molar refractivity (Wildman–Crippen MR) is 106 cm³/mol. The molecule has 0 spiro atoms. The molecule has 0 atom stereocenters. The van der Waals surface area contributed by atoms with Gasteiger partial charge in [-0.2, -0.15) is 34.8 Å². The molecule has 0 saturated carbocycles. The molecule has 2 aromatic carbocycles. The van der Waals surface area contributed by atoms with Crippen molar-refractivity contribution >= 4 is 25.9 Å². The summed E-state index contributed by atoms with van der Waals surface area (Å²) >= 11 is 0. The quantitative estimate of drug-likeness (QED) is 0.330. The molecule has 34 heavy (non-hydrogen) atoms. The van der Waals surface area contributed by atoms with E-state index in [1.165, 1.54) is 26.0 Å². The molecule has 0 unspecified atom stereocenters. The van der Waals surface area contributed by atoms with Gasteiger partial charge in [-0.15, -0.1) is 0 Å². The summed E-state index contributed by atoms with van der Waals surface area (Å²) in [5.41, 5.74) is -6.56. The molecule has 2 rings (SSSR count). The number of carbonyl (C=O) groups is 1. The third-order valence-electron chi connectivity index (χ3n) is 4.21. The topological polar surface area (TPSA) is 107 Å². The summed E-state index contributed by atoms with van der Waals surface area (Å²) in [4.78, 5) is 10.5. The summed E-state index contributed by atoms with van der Waals surface area (Å²) in [6, 6.07) is 8.12. The van der Waals surface area contributed by atoms with E-state index in [2.05, 4.69) is 4.18 Å². The molecule has 0 radical (unpaired) electrons. The van der Waals surface area contributed by atoms with Crippen LogP contribution in [-0.2, 0) is 31.2 Å². The molecule has 15 heteroatoms. The number of halogens is 6. The van der Waals surface area contributed by atoms with Crippen LogP contribution in [0, 0.1) is 0 Å². The molecule has 0 fully saturated rings. The van der Waals surface area contributed by atoms with Crippen LogP contribution in [0.1, 0.15) is 19.4 Å². The lowest BCUT2D eigenvalue weighted by molar-refractivity contribution is -0.175. The summed E-state index contributed by atoms with van der Waals surface area (Å²) in [5.74, 6) is -2.87. The second-order valence-electron chi connectivity index (χ2n) is 7.61. The molecule has 0 aliphatic heterocycles. The number of nitrogens with one attached hydrogen (secondary N) is 1. The van der Waals surface area contributed by atoms with E-state index in [9.17, 15) is 48.0 Å². The van der Waals surface area contributed by atoms with E-state index in [-0.39, 0.29) is 16.2 Å². The van der Waals surface area contributed by atoms with Crippen LogP contribution in [0.2, 0.25) is 0 Å². The van der Waals surface area contributed by atoms with Gasteiger partial charge in [-0.05, 0) is 62.2 Å². The highest BCUT2D eigenvalue weighted by atomic mass is 32.2. The van der Waals surface area contributed by atoms with Crippen molar-refractivity contribution in [3.05, 3.63) is 54.1 Å². The normalized spacial score (nSPS) is 13.4. The van der Waals surface area contributed by atoms with E-state index < -0.39 is 48.8 Å². The molecule has 1 N–H and O–H groups in total. The highest BCUT2D eigenvalue weighted by Gasteiger charge is 2.48. The average molecular weight is 533 g/mol. The zero-order valence-corrected chi connectivity index (χ0v) is 19.0. The SMILES string of the molecule is CC(C)(Cc1ccc(S(=O)(=O)c2ccc(OS(=O)(=O)C(F)(F)F)cc2)cc1)NC(=O)C(F)(F)F. The van der Waals surface area contributed by atoms with Gasteiger partial charge in [0.15, 0.2) is 0 Å². The molecular formula is C19H17F6NO6S2. The summed E-state index contributed by atoms with van der Waals surface area (Å²) in [7, 11) is -10.1. The summed E-state index contributed by atoms with van der Waals surface area (Å²) in [6.07, 6.45) is -5.12. The molecule has 0 saturated heterocycles. The Balaban J connectivity index is 2.18. The minimum absolute atomic E-state index is 0.0607. The van der Waals surface area contributed by atoms with Gasteiger partial charge >= 0.3 is 27.7 Å². The Morgan fingerprint density at radius 2 is 1.26 bits per heavy atom. The minimum atomic E-state index is -5.93. The fraction of sp³-hybridized carbons (Fsp3) is 0.316. The van der Waals surface area contributed by atoms with Gasteiger partial charge in [-0.3, -0.25) is 4.79 Å². The summed E-state index contributed by atoms with van der Waals surface area (Å²) < 4.78 is 126. The first-order valence-corrected chi connectivity index (χ1v) is 12.0. The lowest BCUT2D eigenvalue weighted by Crippen LogP contribution is -2.50. The van der Waals surface area contributed by atoms with Crippen molar-refractivity contribution in [3.63, 3.8) is 0 Å². The number of carbonyl (C=O) groups excluding carboxylic acids is 1. The van der Waals surface area contributed by atoms with Crippen molar-refractivity contribution in [2.24, 2.45) is 0 Å². The predicted octanol–water partition coefficient (Wildman–Crippen LogP) is 3.75. The molecule has 7 nitrogen and oxygen atoms in total. The number of sulfone groups is 1. The first-order chi connectivity index (χ1) is 15.2. The van der Waals surface area contributed by atoms with E-state index in [4.69, 9.17) is 0 Å². The zero-order valence-electron chi connectivity index (χ0n) is 17.4. The maximum atomic E-state index is 12.7. The van der Waals surface area contributed by atoms with Gasteiger partial charge < -0.3 is 9.50 Å². The molecule has 0 heterocycles. The lowest BCUT2D eigenvalue weighted by Gasteiger charge is -2.27. The first kappa shape index (κ1) is 27.4. The van der Waals surface area contributed by atoms with E-state index in [0.29, 0.717) is 5.56 Å². The Kier molecular flexibility index (Phi) is 7.34. The van der Waals surface area contributed by atoms with Crippen molar-refractivity contribution in [3.8, 4) is 5.75 Å². The molecule has 0 aromatic heterocycles. The number of hydrogen-bond donors (Lipinski definition) is 1. The minimum Gasteiger partial charge on any atom is -0.376 e. The van der Waals surface area contributed by atoms with Crippen LogP contribution in [0.4, 0.5) is 26.3 Å².